The number of carboxylic acids is 1. The molecule has 0 amide bonds. The lowest BCUT2D eigenvalue weighted by Gasteiger charge is -2.09. The molecule has 0 fully saturated rings. The van der Waals surface area contributed by atoms with E-state index in [-0.39, 0.29) is 0 Å². The lowest BCUT2D eigenvalue weighted by Crippen LogP contribution is -2.02. The Morgan fingerprint density at radius 1 is 1.43 bits per heavy atom. The van der Waals surface area contributed by atoms with Crippen LogP contribution >= 0.6 is 11.6 Å². The second-order valence-corrected chi connectivity index (χ2v) is 5.23. The number of nitrogens with zero attached hydrogens (tertiary/aromatic N) is 2. The molecule has 0 aliphatic rings. The van der Waals surface area contributed by atoms with Gasteiger partial charge < -0.3 is 5.11 Å². The lowest BCUT2D eigenvalue weighted by atomic mass is 10.1. The Balaban J connectivity index is 2.62. The standard InChI is InChI=1S/C16H17ClN2O2/c1-4-14-10(2)18-19(11(14)3)15-9-13(17)7-5-12(15)6-8-16(20)21/h5-9H,4H2,1-3H3,(H,20,21)/b8-6+. The summed E-state index contributed by atoms with van der Waals surface area (Å²) in [6.45, 7) is 6.06. The zero-order chi connectivity index (χ0) is 15.6. The van der Waals surface area contributed by atoms with E-state index in [2.05, 4.69) is 12.0 Å². The highest BCUT2D eigenvalue weighted by molar-refractivity contribution is 6.30. The molecule has 1 aromatic heterocycles. The molecule has 4 nitrogen and oxygen atoms in total. The Labute approximate surface area is 128 Å². The third-order valence-corrected chi connectivity index (χ3v) is 3.66. The van der Waals surface area contributed by atoms with Gasteiger partial charge in [0.1, 0.15) is 0 Å². The van der Waals surface area contributed by atoms with Gasteiger partial charge in [-0.25, -0.2) is 9.48 Å². The molecule has 0 aliphatic heterocycles. The molecule has 0 spiro atoms. The number of halogens is 1. The monoisotopic (exact) mass is 304 g/mol. The summed E-state index contributed by atoms with van der Waals surface area (Å²) < 4.78 is 1.82. The van der Waals surface area contributed by atoms with Crippen molar-refractivity contribution in [3.05, 3.63) is 51.8 Å². The molecule has 21 heavy (non-hydrogen) atoms. The average Bonchev–Trinajstić information content (AvgIpc) is 2.71. The number of rotatable bonds is 4. The van der Waals surface area contributed by atoms with E-state index in [0.29, 0.717) is 5.02 Å². The fourth-order valence-corrected chi connectivity index (χ4v) is 2.59. The third-order valence-electron chi connectivity index (χ3n) is 3.42. The van der Waals surface area contributed by atoms with Crippen LogP contribution in [0.25, 0.3) is 11.8 Å². The Kier molecular flexibility index (Phi) is 4.48. The van der Waals surface area contributed by atoms with Crippen molar-refractivity contribution in [3.63, 3.8) is 0 Å². The van der Waals surface area contributed by atoms with Gasteiger partial charge in [0.25, 0.3) is 0 Å². The molecule has 0 saturated carbocycles. The zero-order valence-electron chi connectivity index (χ0n) is 12.2. The number of aliphatic carboxylic acids is 1. The highest BCUT2D eigenvalue weighted by Crippen LogP contribution is 2.25. The predicted octanol–water partition coefficient (Wildman–Crippen LogP) is 3.80. The van der Waals surface area contributed by atoms with E-state index in [0.717, 1.165) is 35.1 Å². The first kappa shape index (κ1) is 15.3. The molecule has 0 atom stereocenters. The second kappa shape index (κ2) is 6.14. The topological polar surface area (TPSA) is 55.1 Å². The Bertz CT molecular complexity index is 717. The van der Waals surface area contributed by atoms with Crippen molar-refractivity contribution in [1.82, 2.24) is 9.78 Å². The molecule has 2 aromatic rings. The van der Waals surface area contributed by atoms with E-state index in [1.54, 1.807) is 24.3 Å². The van der Waals surface area contributed by atoms with Gasteiger partial charge in [0.2, 0.25) is 0 Å². The van der Waals surface area contributed by atoms with Crippen molar-refractivity contribution in [3.8, 4) is 5.69 Å². The smallest absolute Gasteiger partial charge is 0.328 e. The summed E-state index contributed by atoms with van der Waals surface area (Å²) >= 11 is 6.08. The maximum atomic E-state index is 10.7. The highest BCUT2D eigenvalue weighted by atomic mass is 35.5. The van der Waals surface area contributed by atoms with Crippen molar-refractivity contribution in [1.29, 1.82) is 0 Å². The van der Waals surface area contributed by atoms with Gasteiger partial charge in [0, 0.05) is 22.4 Å². The van der Waals surface area contributed by atoms with E-state index >= 15 is 0 Å². The van der Waals surface area contributed by atoms with Gasteiger partial charge in [-0.1, -0.05) is 24.6 Å². The molecule has 1 N–H and O–H groups in total. The van der Waals surface area contributed by atoms with Crippen molar-refractivity contribution in [2.75, 3.05) is 0 Å². The number of hydrogen-bond donors (Lipinski definition) is 1. The molecule has 1 heterocycles. The second-order valence-electron chi connectivity index (χ2n) is 4.79. The number of carbonyl (C=O) groups is 1. The minimum absolute atomic E-state index is 0.586. The van der Waals surface area contributed by atoms with Crippen LogP contribution in [0.15, 0.2) is 24.3 Å². The molecule has 5 heteroatoms. The van der Waals surface area contributed by atoms with Crippen LogP contribution < -0.4 is 0 Å². The predicted molar refractivity (Wildman–Crippen MR) is 84.1 cm³/mol. The van der Waals surface area contributed by atoms with Gasteiger partial charge in [-0.2, -0.15) is 5.10 Å². The van der Waals surface area contributed by atoms with Crippen LogP contribution in [0, 0.1) is 13.8 Å². The summed E-state index contributed by atoms with van der Waals surface area (Å²) in [4.78, 5) is 10.7. The molecule has 0 saturated heterocycles. The van der Waals surface area contributed by atoms with Gasteiger partial charge in [0.05, 0.1) is 11.4 Å². The number of benzene rings is 1. The summed E-state index contributed by atoms with van der Waals surface area (Å²) in [6, 6.07) is 5.32. The van der Waals surface area contributed by atoms with Crippen LogP contribution in [-0.2, 0) is 11.2 Å². The fourth-order valence-electron chi connectivity index (χ4n) is 2.42. The van der Waals surface area contributed by atoms with E-state index in [4.69, 9.17) is 16.7 Å². The Morgan fingerprint density at radius 3 is 2.71 bits per heavy atom. The van der Waals surface area contributed by atoms with Gasteiger partial charge in [0.15, 0.2) is 0 Å². The first-order valence-electron chi connectivity index (χ1n) is 6.70. The van der Waals surface area contributed by atoms with E-state index in [1.807, 2.05) is 18.5 Å². The SMILES string of the molecule is CCc1c(C)nn(-c2cc(Cl)ccc2/C=C/C(=O)O)c1C. The summed E-state index contributed by atoms with van der Waals surface area (Å²) in [5, 5.41) is 13.9. The van der Waals surface area contributed by atoms with Crippen LogP contribution in [0.4, 0.5) is 0 Å². The molecule has 0 unspecified atom stereocenters. The minimum Gasteiger partial charge on any atom is -0.478 e. The Hall–Kier alpha value is -2.07. The molecule has 0 radical (unpaired) electrons. The number of aryl methyl sites for hydroxylation is 1. The van der Waals surface area contributed by atoms with E-state index < -0.39 is 5.97 Å². The maximum Gasteiger partial charge on any atom is 0.328 e. The van der Waals surface area contributed by atoms with Crippen molar-refractivity contribution < 1.29 is 9.90 Å². The van der Waals surface area contributed by atoms with Crippen LogP contribution in [-0.4, -0.2) is 20.9 Å². The number of carboxylic acid groups (broad SMARTS) is 1. The molecule has 1 aromatic carbocycles. The molecular weight excluding hydrogens is 288 g/mol. The fraction of sp³-hybridized carbons (Fsp3) is 0.250. The summed E-state index contributed by atoms with van der Waals surface area (Å²) in [5.74, 6) is -0.987. The number of aromatic nitrogens is 2. The quantitative estimate of drug-likeness (QED) is 0.874. The van der Waals surface area contributed by atoms with Gasteiger partial charge in [-0.05, 0) is 44.0 Å². The summed E-state index contributed by atoms with van der Waals surface area (Å²) in [7, 11) is 0. The first-order valence-corrected chi connectivity index (χ1v) is 7.07. The van der Waals surface area contributed by atoms with Crippen molar-refractivity contribution in [2.24, 2.45) is 0 Å². The number of hydrogen-bond acceptors (Lipinski definition) is 2. The lowest BCUT2D eigenvalue weighted by molar-refractivity contribution is -0.131. The average molecular weight is 305 g/mol. The third kappa shape index (κ3) is 3.16. The Morgan fingerprint density at radius 2 is 2.14 bits per heavy atom. The van der Waals surface area contributed by atoms with Crippen LogP contribution in [0.3, 0.4) is 0 Å². The molecular formula is C16H17ClN2O2. The first-order chi connectivity index (χ1) is 9.93. The van der Waals surface area contributed by atoms with Crippen LogP contribution in [0.5, 0.6) is 0 Å². The minimum atomic E-state index is -0.987. The van der Waals surface area contributed by atoms with Crippen LogP contribution in [0.1, 0.15) is 29.4 Å². The maximum absolute atomic E-state index is 10.7. The molecule has 110 valence electrons. The van der Waals surface area contributed by atoms with Gasteiger partial charge >= 0.3 is 5.97 Å². The summed E-state index contributed by atoms with van der Waals surface area (Å²) in [6.07, 6.45) is 3.56. The van der Waals surface area contributed by atoms with Crippen molar-refractivity contribution >= 4 is 23.6 Å². The molecule has 0 bridgehead atoms. The van der Waals surface area contributed by atoms with Crippen molar-refractivity contribution in [2.45, 2.75) is 27.2 Å². The molecule has 2 rings (SSSR count). The normalized spacial score (nSPS) is 11.2. The summed E-state index contributed by atoms with van der Waals surface area (Å²) in [5.41, 5.74) is 4.75. The largest absolute Gasteiger partial charge is 0.478 e. The van der Waals surface area contributed by atoms with Gasteiger partial charge in [-0.3, -0.25) is 0 Å². The van der Waals surface area contributed by atoms with Crippen LogP contribution in [0.2, 0.25) is 5.02 Å². The van der Waals surface area contributed by atoms with E-state index in [1.165, 1.54) is 5.56 Å². The highest BCUT2D eigenvalue weighted by Gasteiger charge is 2.13. The van der Waals surface area contributed by atoms with Gasteiger partial charge in [-0.15, -0.1) is 0 Å². The molecule has 0 aliphatic carbocycles. The van der Waals surface area contributed by atoms with E-state index in [9.17, 15) is 4.79 Å². The zero-order valence-corrected chi connectivity index (χ0v) is 13.0.